The van der Waals surface area contributed by atoms with Crippen LogP contribution in [0.15, 0.2) is 34.0 Å². The van der Waals surface area contributed by atoms with Gasteiger partial charge >= 0.3 is 0 Å². The molecule has 25 heavy (non-hydrogen) atoms. The fourth-order valence-corrected chi connectivity index (χ4v) is 1.97. The summed E-state index contributed by atoms with van der Waals surface area (Å²) in [6.07, 6.45) is 1.44. The summed E-state index contributed by atoms with van der Waals surface area (Å²) in [5.74, 6) is -0.531. The molecule has 2 aromatic heterocycles. The standard InChI is InChI=1S/C14H11N9O2/c1-8-11(23(22-18-8)13-12(16)20-25-21-13)14(24)19-17-7-10-4-2-9(6-15)3-5-10/h2-5,7H,1H3,(H2,16,20)(H,19,24)/b17-7+. The Labute approximate surface area is 140 Å². The number of nitrogens with one attached hydrogen (secondary N) is 1. The summed E-state index contributed by atoms with van der Waals surface area (Å²) < 4.78 is 5.62. The molecule has 0 saturated carbocycles. The summed E-state index contributed by atoms with van der Waals surface area (Å²) in [5, 5.41) is 27.3. The van der Waals surface area contributed by atoms with Crippen LogP contribution in [0.5, 0.6) is 0 Å². The van der Waals surface area contributed by atoms with Crippen LogP contribution in [0.4, 0.5) is 5.82 Å². The summed E-state index contributed by atoms with van der Waals surface area (Å²) >= 11 is 0. The number of nitrogen functional groups attached to an aromatic ring is 1. The van der Waals surface area contributed by atoms with E-state index in [1.54, 1.807) is 31.2 Å². The lowest BCUT2D eigenvalue weighted by atomic mass is 10.2. The van der Waals surface area contributed by atoms with E-state index in [1.165, 1.54) is 6.21 Å². The minimum Gasteiger partial charge on any atom is -0.378 e. The van der Waals surface area contributed by atoms with Crippen molar-refractivity contribution in [1.82, 2.24) is 30.7 Å². The first-order valence-electron chi connectivity index (χ1n) is 6.94. The molecule has 3 N–H and O–H groups in total. The van der Waals surface area contributed by atoms with Crippen molar-refractivity contribution in [2.24, 2.45) is 5.10 Å². The van der Waals surface area contributed by atoms with E-state index in [4.69, 9.17) is 11.0 Å². The Hall–Kier alpha value is -4.07. The predicted molar refractivity (Wildman–Crippen MR) is 84.6 cm³/mol. The normalized spacial score (nSPS) is 10.7. The highest BCUT2D eigenvalue weighted by Crippen LogP contribution is 2.14. The Morgan fingerprint density at radius 2 is 2.16 bits per heavy atom. The van der Waals surface area contributed by atoms with Gasteiger partial charge in [-0.1, -0.05) is 17.3 Å². The molecule has 0 radical (unpaired) electrons. The van der Waals surface area contributed by atoms with Gasteiger partial charge in [-0.15, -0.1) is 5.10 Å². The SMILES string of the molecule is Cc1nnn(-c2nonc2N)c1C(=O)N/N=C/c1ccc(C#N)cc1. The monoisotopic (exact) mass is 337 g/mol. The van der Waals surface area contributed by atoms with Crippen LogP contribution in [0, 0.1) is 18.3 Å². The van der Waals surface area contributed by atoms with Crippen LogP contribution in [0.1, 0.15) is 27.3 Å². The van der Waals surface area contributed by atoms with Crippen LogP contribution in [-0.2, 0) is 0 Å². The molecule has 1 aromatic carbocycles. The molecular weight excluding hydrogens is 326 g/mol. The summed E-state index contributed by atoms with van der Waals surface area (Å²) in [6.45, 7) is 1.60. The molecule has 0 aliphatic heterocycles. The average molecular weight is 337 g/mol. The molecule has 0 aliphatic carbocycles. The third-order valence-corrected chi connectivity index (χ3v) is 3.17. The van der Waals surface area contributed by atoms with E-state index in [2.05, 4.69) is 35.8 Å². The number of aromatic nitrogens is 5. The van der Waals surface area contributed by atoms with E-state index in [0.29, 0.717) is 16.8 Å². The van der Waals surface area contributed by atoms with Crippen molar-refractivity contribution in [3.63, 3.8) is 0 Å². The zero-order chi connectivity index (χ0) is 17.8. The quantitative estimate of drug-likeness (QED) is 0.503. The molecule has 0 aliphatic rings. The first-order chi connectivity index (χ1) is 12.1. The maximum atomic E-state index is 12.4. The molecule has 2 heterocycles. The second kappa shape index (κ2) is 6.59. The number of rotatable bonds is 4. The zero-order valence-corrected chi connectivity index (χ0v) is 12.9. The number of carbonyl (C=O) groups is 1. The number of hydrogen-bond acceptors (Lipinski definition) is 9. The highest BCUT2D eigenvalue weighted by atomic mass is 16.6. The summed E-state index contributed by atoms with van der Waals surface area (Å²) in [6, 6.07) is 8.71. The molecule has 0 saturated heterocycles. The third kappa shape index (κ3) is 3.17. The van der Waals surface area contributed by atoms with Gasteiger partial charge < -0.3 is 5.73 Å². The van der Waals surface area contributed by atoms with Gasteiger partial charge in [0.15, 0.2) is 5.69 Å². The minimum absolute atomic E-state index is 0.0277. The first kappa shape index (κ1) is 15.8. The van der Waals surface area contributed by atoms with Gasteiger partial charge in [-0.3, -0.25) is 4.79 Å². The zero-order valence-electron chi connectivity index (χ0n) is 12.9. The van der Waals surface area contributed by atoms with Crippen LogP contribution < -0.4 is 11.2 Å². The molecule has 0 unspecified atom stereocenters. The summed E-state index contributed by atoms with van der Waals surface area (Å²) in [4.78, 5) is 12.4. The number of carbonyl (C=O) groups excluding carboxylic acids is 1. The Morgan fingerprint density at radius 1 is 1.40 bits per heavy atom. The van der Waals surface area contributed by atoms with Gasteiger partial charge in [-0.05, 0) is 34.9 Å². The van der Waals surface area contributed by atoms with Gasteiger partial charge in [0.1, 0.15) is 0 Å². The minimum atomic E-state index is -0.560. The second-order valence-corrected chi connectivity index (χ2v) is 4.84. The fraction of sp³-hybridized carbons (Fsp3) is 0.0714. The number of nitrogens with two attached hydrogens (primary N) is 1. The van der Waals surface area contributed by atoms with Crippen LogP contribution in [0.25, 0.3) is 5.82 Å². The number of aryl methyl sites for hydroxylation is 1. The predicted octanol–water partition coefficient (Wildman–Crippen LogP) is 0.177. The van der Waals surface area contributed by atoms with Gasteiger partial charge in [0, 0.05) is 0 Å². The number of anilines is 1. The van der Waals surface area contributed by atoms with Crippen molar-refractivity contribution in [1.29, 1.82) is 5.26 Å². The molecule has 0 spiro atoms. The maximum Gasteiger partial charge on any atom is 0.292 e. The van der Waals surface area contributed by atoms with E-state index in [0.717, 1.165) is 4.68 Å². The van der Waals surface area contributed by atoms with Gasteiger partial charge in [0.05, 0.1) is 23.5 Å². The third-order valence-electron chi connectivity index (χ3n) is 3.17. The molecule has 124 valence electrons. The molecule has 3 aromatic rings. The van der Waals surface area contributed by atoms with Crippen molar-refractivity contribution in [3.05, 3.63) is 46.8 Å². The molecule has 11 nitrogen and oxygen atoms in total. The largest absolute Gasteiger partial charge is 0.378 e. The van der Waals surface area contributed by atoms with Crippen LogP contribution in [0.3, 0.4) is 0 Å². The van der Waals surface area contributed by atoms with E-state index in [-0.39, 0.29) is 17.3 Å². The highest BCUT2D eigenvalue weighted by molar-refractivity contribution is 5.94. The molecular formula is C14H11N9O2. The Balaban J connectivity index is 1.78. The lowest BCUT2D eigenvalue weighted by Gasteiger charge is -2.02. The van der Waals surface area contributed by atoms with Crippen molar-refractivity contribution >= 4 is 17.9 Å². The molecule has 0 atom stereocenters. The molecule has 1 amide bonds. The van der Waals surface area contributed by atoms with E-state index >= 15 is 0 Å². The lowest BCUT2D eigenvalue weighted by Crippen LogP contribution is -2.22. The number of hydrogen-bond donors (Lipinski definition) is 2. The Kier molecular flexibility index (Phi) is 4.17. The van der Waals surface area contributed by atoms with E-state index in [1.807, 2.05) is 6.07 Å². The van der Waals surface area contributed by atoms with Gasteiger partial charge in [0.25, 0.3) is 5.91 Å². The number of amides is 1. The van der Waals surface area contributed by atoms with Gasteiger partial charge in [-0.2, -0.15) is 15.0 Å². The van der Waals surface area contributed by atoms with Crippen molar-refractivity contribution in [2.45, 2.75) is 6.92 Å². The fourth-order valence-electron chi connectivity index (χ4n) is 1.97. The Bertz CT molecular complexity index is 979. The Morgan fingerprint density at radius 3 is 2.80 bits per heavy atom. The second-order valence-electron chi connectivity index (χ2n) is 4.84. The van der Waals surface area contributed by atoms with Gasteiger partial charge in [-0.25, -0.2) is 10.1 Å². The smallest absolute Gasteiger partial charge is 0.292 e. The number of nitrogens with zero attached hydrogens (tertiary/aromatic N) is 7. The van der Waals surface area contributed by atoms with Crippen molar-refractivity contribution in [3.8, 4) is 11.9 Å². The summed E-state index contributed by atoms with van der Waals surface area (Å²) in [7, 11) is 0. The molecule has 0 fully saturated rings. The highest BCUT2D eigenvalue weighted by Gasteiger charge is 2.22. The molecule has 3 rings (SSSR count). The summed E-state index contributed by atoms with van der Waals surface area (Å²) in [5.41, 5.74) is 9.68. The maximum absolute atomic E-state index is 12.4. The lowest BCUT2D eigenvalue weighted by molar-refractivity contribution is 0.0946. The van der Waals surface area contributed by atoms with Crippen LogP contribution in [-0.4, -0.2) is 37.4 Å². The molecule has 0 bridgehead atoms. The van der Waals surface area contributed by atoms with Crippen LogP contribution >= 0.6 is 0 Å². The average Bonchev–Trinajstić information content (AvgIpc) is 3.20. The van der Waals surface area contributed by atoms with E-state index < -0.39 is 5.91 Å². The number of nitriles is 1. The number of hydrazone groups is 1. The van der Waals surface area contributed by atoms with Crippen molar-refractivity contribution in [2.75, 3.05) is 5.73 Å². The van der Waals surface area contributed by atoms with E-state index in [9.17, 15) is 4.79 Å². The first-order valence-corrected chi connectivity index (χ1v) is 6.94. The van der Waals surface area contributed by atoms with Crippen molar-refractivity contribution < 1.29 is 9.42 Å². The van der Waals surface area contributed by atoms with Crippen LogP contribution in [0.2, 0.25) is 0 Å². The van der Waals surface area contributed by atoms with Gasteiger partial charge in [0.2, 0.25) is 11.6 Å². The molecule has 11 heteroatoms. The number of benzene rings is 1. The topological polar surface area (TPSA) is 161 Å².